The van der Waals surface area contributed by atoms with Crippen molar-refractivity contribution < 1.29 is 0 Å². The smallest absolute Gasteiger partial charge is 0.136 e. The Morgan fingerprint density at radius 1 is 1.12 bits per heavy atom. The van der Waals surface area contributed by atoms with Gasteiger partial charge in [-0.15, -0.1) is 0 Å². The van der Waals surface area contributed by atoms with Crippen LogP contribution in [0.5, 0.6) is 0 Å². The maximum absolute atomic E-state index is 6.21. The normalized spacial score (nSPS) is 10.5. The zero-order valence-corrected chi connectivity index (χ0v) is 10.8. The van der Waals surface area contributed by atoms with Gasteiger partial charge in [-0.2, -0.15) is 0 Å². The van der Waals surface area contributed by atoms with Crippen molar-refractivity contribution in [2.75, 3.05) is 0 Å². The molecule has 0 unspecified atom stereocenters. The van der Waals surface area contributed by atoms with Gasteiger partial charge in [0.15, 0.2) is 0 Å². The second kappa shape index (κ2) is 5.28. The van der Waals surface area contributed by atoms with E-state index in [2.05, 4.69) is 22.1 Å². The van der Waals surface area contributed by atoms with Gasteiger partial charge >= 0.3 is 0 Å². The predicted octanol–water partition coefficient (Wildman–Crippen LogP) is 3.59. The average molecular weight is 247 g/mol. The Morgan fingerprint density at radius 3 is 2.41 bits per heavy atom. The van der Waals surface area contributed by atoms with E-state index in [0.717, 1.165) is 29.9 Å². The molecule has 2 aromatic rings. The highest BCUT2D eigenvalue weighted by Crippen LogP contribution is 2.20. The van der Waals surface area contributed by atoms with Gasteiger partial charge in [-0.05, 0) is 12.5 Å². The molecule has 1 aromatic carbocycles. The van der Waals surface area contributed by atoms with Crippen LogP contribution >= 0.6 is 11.6 Å². The largest absolute Gasteiger partial charge is 0.238 e. The molecule has 1 heterocycles. The Balaban J connectivity index is 2.33. The molecule has 1 aromatic heterocycles. The van der Waals surface area contributed by atoms with E-state index in [1.165, 1.54) is 5.56 Å². The van der Waals surface area contributed by atoms with Gasteiger partial charge in [-0.25, -0.2) is 9.97 Å². The lowest BCUT2D eigenvalue weighted by Gasteiger charge is -2.08. The lowest BCUT2D eigenvalue weighted by atomic mass is 10.1. The lowest BCUT2D eigenvalue weighted by Crippen LogP contribution is -2.03. The predicted molar refractivity (Wildman–Crippen MR) is 70.4 cm³/mol. The van der Waals surface area contributed by atoms with E-state index >= 15 is 0 Å². The molecule has 0 aliphatic rings. The Kier molecular flexibility index (Phi) is 3.75. The molecule has 2 nitrogen and oxygen atoms in total. The van der Waals surface area contributed by atoms with Gasteiger partial charge in [0, 0.05) is 24.1 Å². The molecule has 17 heavy (non-hydrogen) atoms. The van der Waals surface area contributed by atoms with Gasteiger partial charge < -0.3 is 0 Å². The third-order valence-corrected chi connectivity index (χ3v) is 3.06. The van der Waals surface area contributed by atoms with Crippen LogP contribution in [0.3, 0.4) is 0 Å². The van der Waals surface area contributed by atoms with Crippen molar-refractivity contribution in [3.63, 3.8) is 0 Å². The molecule has 0 saturated heterocycles. The monoisotopic (exact) mass is 246 g/mol. The standard InChI is InChI=1S/C14H15ClN2/c1-3-13-16-10(2)12(14(15)17-13)9-11-7-5-4-6-8-11/h4-8H,3,9H2,1-2H3. The number of benzene rings is 1. The molecule has 0 fully saturated rings. The van der Waals surface area contributed by atoms with Gasteiger partial charge in [-0.1, -0.05) is 48.9 Å². The fourth-order valence-corrected chi connectivity index (χ4v) is 2.08. The van der Waals surface area contributed by atoms with Crippen molar-refractivity contribution >= 4 is 11.6 Å². The van der Waals surface area contributed by atoms with Crippen LogP contribution in [-0.4, -0.2) is 9.97 Å². The van der Waals surface area contributed by atoms with Gasteiger partial charge in [0.05, 0.1) is 0 Å². The highest BCUT2D eigenvalue weighted by atomic mass is 35.5. The molecule has 0 saturated carbocycles. The fourth-order valence-electron chi connectivity index (χ4n) is 1.78. The molecule has 0 radical (unpaired) electrons. The number of aryl methyl sites for hydroxylation is 2. The highest BCUT2D eigenvalue weighted by molar-refractivity contribution is 6.30. The van der Waals surface area contributed by atoms with E-state index in [4.69, 9.17) is 11.6 Å². The lowest BCUT2D eigenvalue weighted by molar-refractivity contribution is 0.893. The van der Waals surface area contributed by atoms with Crippen molar-refractivity contribution in [3.8, 4) is 0 Å². The summed E-state index contributed by atoms with van der Waals surface area (Å²) in [7, 11) is 0. The average Bonchev–Trinajstić information content (AvgIpc) is 2.35. The fraction of sp³-hybridized carbons (Fsp3) is 0.286. The summed E-state index contributed by atoms with van der Waals surface area (Å²) in [6.07, 6.45) is 1.60. The highest BCUT2D eigenvalue weighted by Gasteiger charge is 2.09. The second-order valence-electron chi connectivity index (χ2n) is 4.01. The van der Waals surface area contributed by atoms with E-state index in [-0.39, 0.29) is 0 Å². The van der Waals surface area contributed by atoms with Gasteiger partial charge in [0.1, 0.15) is 11.0 Å². The van der Waals surface area contributed by atoms with Crippen LogP contribution in [0.15, 0.2) is 30.3 Å². The van der Waals surface area contributed by atoms with E-state index < -0.39 is 0 Å². The number of nitrogens with zero attached hydrogens (tertiary/aromatic N) is 2. The zero-order valence-electron chi connectivity index (χ0n) is 10.1. The van der Waals surface area contributed by atoms with Crippen LogP contribution < -0.4 is 0 Å². The van der Waals surface area contributed by atoms with Crippen molar-refractivity contribution in [1.29, 1.82) is 0 Å². The van der Waals surface area contributed by atoms with Gasteiger partial charge in [0.2, 0.25) is 0 Å². The molecule has 3 heteroatoms. The third kappa shape index (κ3) is 2.83. The third-order valence-electron chi connectivity index (χ3n) is 2.75. The summed E-state index contributed by atoms with van der Waals surface area (Å²) in [6, 6.07) is 10.2. The van der Waals surface area contributed by atoms with E-state index in [0.29, 0.717) is 5.15 Å². The first-order chi connectivity index (χ1) is 8.20. The number of hydrogen-bond donors (Lipinski definition) is 0. The molecule has 0 aliphatic heterocycles. The van der Waals surface area contributed by atoms with Gasteiger partial charge in [-0.3, -0.25) is 0 Å². The van der Waals surface area contributed by atoms with Crippen molar-refractivity contribution in [1.82, 2.24) is 9.97 Å². The summed E-state index contributed by atoms with van der Waals surface area (Å²) in [6.45, 7) is 4.02. The number of hydrogen-bond acceptors (Lipinski definition) is 2. The first-order valence-corrected chi connectivity index (χ1v) is 6.14. The second-order valence-corrected chi connectivity index (χ2v) is 4.37. The van der Waals surface area contributed by atoms with Crippen LogP contribution in [0.4, 0.5) is 0 Å². The summed E-state index contributed by atoms with van der Waals surface area (Å²) in [5.41, 5.74) is 3.23. The molecule has 0 N–H and O–H groups in total. The summed E-state index contributed by atoms with van der Waals surface area (Å²) in [5, 5.41) is 0.582. The zero-order chi connectivity index (χ0) is 12.3. The van der Waals surface area contributed by atoms with Crippen LogP contribution in [0.2, 0.25) is 5.15 Å². The molecule has 2 rings (SSSR count). The maximum Gasteiger partial charge on any atom is 0.136 e. The Bertz CT molecular complexity index is 486. The molecule has 0 atom stereocenters. The first-order valence-electron chi connectivity index (χ1n) is 5.76. The number of rotatable bonds is 3. The molecular formula is C14H15ClN2. The van der Waals surface area contributed by atoms with Crippen LogP contribution in [0, 0.1) is 6.92 Å². The summed E-state index contributed by atoms with van der Waals surface area (Å²) < 4.78 is 0. The minimum atomic E-state index is 0.582. The topological polar surface area (TPSA) is 25.8 Å². The quantitative estimate of drug-likeness (QED) is 0.774. The maximum atomic E-state index is 6.21. The molecular weight excluding hydrogens is 232 g/mol. The first kappa shape index (κ1) is 12.1. The SMILES string of the molecule is CCc1nc(C)c(Cc2ccccc2)c(Cl)n1. The minimum Gasteiger partial charge on any atom is -0.238 e. The molecule has 0 spiro atoms. The van der Waals surface area contributed by atoms with Crippen molar-refractivity contribution in [2.45, 2.75) is 26.7 Å². The molecule has 0 aliphatic carbocycles. The molecule has 0 bridgehead atoms. The summed E-state index contributed by atoms with van der Waals surface area (Å²) in [4.78, 5) is 8.76. The van der Waals surface area contributed by atoms with Crippen LogP contribution in [-0.2, 0) is 12.8 Å². The summed E-state index contributed by atoms with van der Waals surface area (Å²) in [5.74, 6) is 0.810. The Labute approximate surface area is 107 Å². The van der Waals surface area contributed by atoms with Crippen LogP contribution in [0.25, 0.3) is 0 Å². The van der Waals surface area contributed by atoms with Crippen LogP contribution in [0.1, 0.15) is 29.6 Å². The minimum absolute atomic E-state index is 0.582. The Morgan fingerprint density at radius 2 is 1.82 bits per heavy atom. The molecule has 88 valence electrons. The molecule has 0 amide bonds. The van der Waals surface area contributed by atoms with Gasteiger partial charge in [0.25, 0.3) is 0 Å². The number of aromatic nitrogens is 2. The Hall–Kier alpha value is -1.41. The van der Waals surface area contributed by atoms with Crippen molar-refractivity contribution in [2.24, 2.45) is 0 Å². The number of halogens is 1. The van der Waals surface area contributed by atoms with Crippen molar-refractivity contribution in [3.05, 3.63) is 58.1 Å². The van der Waals surface area contributed by atoms with E-state index in [1.54, 1.807) is 0 Å². The summed E-state index contributed by atoms with van der Waals surface area (Å²) >= 11 is 6.21. The van der Waals surface area contributed by atoms with E-state index in [9.17, 15) is 0 Å². The van der Waals surface area contributed by atoms with E-state index in [1.807, 2.05) is 32.0 Å².